The molecule has 4 heteroatoms. The molecule has 0 fully saturated rings. The third-order valence-electron chi connectivity index (χ3n) is 2.30. The summed E-state index contributed by atoms with van der Waals surface area (Å²) in [6.07, 6.45) is 4.82. The summed E-state index contributed by atoms with van der Waals surface area (Å²) < 4.78 is 2.04. The lowest BCUT2D eigenvalue weighted by Gasteiger charge is -2.17. The zero-order valence-corrected chi connectivity index (χ0v) is 9.27. The van der Waals surface area contributed by atoms with Crippen LogP contribution in [0.2, 0.25) is 0 Å². The molecule has 0 saturated carbocycles. The van der Waals surface area contributed by atoms with Crippen molar-refractivity contribution in [3.8, 4) is 0 Å². The molecule has 0 aromatic carbocycles. The van der Waals surface area contributed by atoms with Crippen LogP contribution in [0.25, 0.3) is 0 Å². The molecule has 0 amide bonds. The lowest BCUT2D eigenvalue weighted by Crippen LogP contribution is -2.26. The lowest BCUT2D eigenvalue weighted by molar-refractivity contribution is 0.303. The molecular formula is C10H20N4. The van der Waals surface area contributed by atoms with Gasteiger partial charge in [0.05, 0.1) is 6.54 Å². The fourth-order valence-corrected chi connectivity index (χ4v) is 1.29. The molecule has 1 atom stereocenters. The number of hydrogen-bond donors (Lipinski definition) is 1. The van der Waals surface area contributed by atoms with Gasteiger partial charge in [0.2, 0.25) is 0 Å². The van der Waals surface area contributed by atoms with Gasteiger partial charge >= 0.3 is 0 Å². The Morgan fingerprint density at radius 1 is 1.64 bits per heavy atom. The van der Waals surface area contributed by atoms with Gasteiger partial charge in [0.1, 0.15) is 5.82 Å². The van der Waals surface area contributed by atoms with E-state index in [2.05, 4.69) is 16.9 Å². The van der Waals surface area contributed by atoms with E-state index in [0.717, 1.165) is 25.3 Å². The van der Waals surface area contributed by atoms with E-state index in [-0.39, 0.29) is 6.04 Å². The number of aromatic nitrogens is 2. The van der Waals surface area contributed by atoms with Gasteiger partial charge in [-0.25, -0.2) is 4.98 Å². The average Bonchev–Trinajstić information content (AvgIpc) is 2.49. The maximum absolute atomic E-state index is 5.70. The summed E-state index contributed by atoms with van der Waals surface area (Å²) in [5.41, 5.74) is 5.70. The highest BCUT2D eigenvalue weighted by Gasteiger charge is 2.04. The van der Waals surface area contributed by atoms with Gasteiger partial charge in [-0.15, -0.1) is 0 Å². The molecule has 1 aromatic heterocycles. The van der Waals surface area contributed by atoms with Crippen molar-refractivity contribution in [2.45, 2.75) is 25.9 Å². The minimum Gasteiger partial charge on any atom is -0.337 e. The molecule has 14 heavy (non-hydrogen) atoms. The Kier molecular flexibility index (Phi) is 4.10. The van der Waals surface area contributed by atoms with Crippen molar-refractivity contribution in [1.29, 1.82) is 0 Å². The molecule has 0 aliphatic carbocycles. The van der Waals surface area contributed by atoms with Gasteiger partial charge in [0, 0.05) is 25.5 Å². The van der Waals surface area contributed by atoms with Gasteiger partial charge in [-0.3, -0.25) is 4.90 Å². The monoisotopic (exact) mass is 196 g/mol. The minimum atomic E-state index is 0.277. The van der Waals surface area contributed by atoms with E-state index in [1.54, 1.807) is 0 Å². The number of nitrogens with zero attached hydrogens (tertiary/aromatic N) is 3. The molecule has 1 rings (SSSR count). The van der Waals surface area contributed by atoms with E-state index in [1.807, 2.05) is 30.9 Å². The first-order valence-electron chi connectivity index (χ1n) is 5.00. The molecule has 80 valence electrons. The van der Waals surface area contributed by atoms with E-state index in [1.165, 1.54) is 0 Å². The second kappa shape index (κ2) is 5.12. The van der Waals surface area contributed by atoms with Crippen molar-refractivity contribution >= 4 is 0 Å². The molecule has 0 bridgehead atoms. The van der Waals surface area contributed by atoms with Crippen molar-refractivity contribution in [2.24, 2.45) is 12.8 Å². The zero-order chi connectivity index (χ0) is 10.6. The van der Waals surface area contributed by atoms with Crippen molar-refractivity contribution in [3.05, 3.63) is 18.2 Å². The number of hydrogen-bond acceptors (Lipinski definition) is 3. The highest BCUT2D eigenvalue weighted by atomic mass is 15.1. The number of rotatable bonds is 5. The topological polar surface area (TPSA) is 47.1 Å². The van der Waals surface area contributed by atoms with Gasteiger partial charge in [-0.2, -0.15) is 0 Å². The van der Waals surface area contributed by atoms with E-state index < -0.39 is 0 Å². The maximum atomic E-state index is 5.70. The second-order valence-corrected chi connectivity index (χ2v) is 3.96. The average molecular weight is 196 g/mol. The Bertz CT molecular complexity index is 267. The number of nitrogens with two attached hydrogens (primary N) is 1. The van der Waals surface area contributed by atoms with Crippen molar-refractivity contribution in [2.75, 3.05) is 13.6 Å². The SMILES string of the molecule is CC(N)CCN(C)Cc1nccn1C. The third kappa shape index (κ3) is 3.47. The molecule has 4 nitrogen and oxygen atoms in total. The van der Waals surface area contributed by atoms with Crippen molar-refractivity contribution < 1.29 is 0 Å². The van der Waals surface area contributed by atoms with Gasteiger partial charge in [0.25, 0.3) is 0 Å². The molecule has 0 saturated heterocycles. The van der Waals surface area contributed by atoms with Crippen LogP contribution in [0.3, 0.4) is 0 Å². The Labute approximate surface area is 85.7 Å². The van der Waals surface area contributed by atoms with E-state index in [4.69, 9.17) is 5.73 Å². The van der Waals surface area contributed by atoms with E-state index in [9.17, 15) is 0 Å². The Balaban J connectivity index is 2.34. The van der Waals surface area contributed by atoms with Crippen LogP contribution in [0.1, 0.15) is 19.2 Å². The smallest absolute Gasteiger partial charge is 0.122 e. The molecule has 0 aliphatic heterocycles. The summed E-state index contributed by atoms with van der Waals surface area (Å²) in [5, 5.41) is 0. The first-order chi connectivity index (χ1) is 6.59. The number of imidazole rings is 1. The van der Waals surface area contributed by atoms with E-state index in [0.29, 0.717) is 0 Å². The van der Waals surface area contributed by atoms with Gasteiger partial charge in [-0.05, 0) is 26.9 Å². The first kappa shape index (κ1) is 11.2. The van der Waals surface area contributed by atoms with Crippen LogP contribution in [0.4, 0.5) is 0 Å². The predicted molar refractivity (Wildman–Crippen MR) is 57.8 cm³/mol. The Morgan fingerprint density at radius 3 is 2.86 bits per heavy atom. The Morgan fingerprint density at radius 2 is 2.36 bits per heavy atom. The molecular weight excluding hydrogens is 176 g/mol. The lowest BCUT2D eigenvalue weighted by atomic mass is 10.2. The highest BCUT2D eigenvalue weighted by Crippen LogP contribution is 2.00. The van der Waals surface area contributed by atoms with Crippen LogP contribution in [0, 0.1) is 0 Å². The summed E-state index contributed by atoms with van der Waals surface area (Å²) in [6.45, 7) is 3.94. The Hall–Kier alpha value is -0.870. The fraction of sp³-hybridized carbons (Fsp3) is 0.700. The van der Waals surface area contributed by atoms with Crippen LogP contribution < -0.4 is 5.73 Å². The first-order valence-corrected chi connectivity index (χ1v) is 5.00. The van der Waals surface area contributed by atoms with Crippen LogP contribution >= 0.6 is 0 Å². The third-order valence-corrected chi connectivity index (χ3v) is 2.30. The summed E-state index contributed by atoms with van der Waals surface area (Å²) in [5.74, 6) is 1.09. The summed E-state index contributed by atoms with van der Waals surface area (Å²) in [7, 11) is 4.11. The standard InChI is InChI=1S/C10H20N4/c1-9(11)4-6-13(2)8-10-12-5-7-14(10)3/h5,7,9H,4,6,8,11H2,1-3H3. The molecule has 1 unspecified atom stereocenters. The summed E-state index contributed by atoms with van der Waals surface area (Å²) in [6, 6.07) is 0.277. The van der Waals surface area contributed by atoms with Crippen molar-refractivity contribution in [1.82, 2.24) is 14.5 Å². The van der Waals surface area contributed by atoms with E-state index >= 15 is 0 Å². The second-order valence-electron chi connectivity index (χ2n) is 3.96. The quantitative estimate of drug-likeness (QED) is 0.749. The minimum absolute atomic E-state index is 0.277. The fourth-order valence-electron chi connectivity index (χ4n) is 1.29. The van der Waals surface area contributed by atoms with Gasteiger partial charge in [0.15, 0.2) is 0 Å². The van der Waals surface area contributed by atoms with Crippen LogP contribution in [-0.2, 0) is 13.6 Å². The molecule has 2 N–H and O–H groups in total. The molecule has 0 radical (unpaired) electrons. The van der Waals surface area contributed by atoms with Crippen molar-refractivity contribution in [3.63, 3.8) is 0 Å². The van der Waals surface area contributed by atoms with Gasteiger partial charge in [-0.1, -0.05) is 0 Å². The predicted octanol–water partition coefficient (Wildman–Crippen LogP) is 0.589. The zero-order valence-electron chi connectivity index (χ0n) is 9.27. The van der Waals surface area contributed by atoms with Crippen LogP contribution in [0.5, 0.6) is 0 Å². The summed E-state index contributed by atoms with van der Waals surface area (Å²) in [4.78, 5) is 6.51. The normalized spacial score (nSPS) is 13.5. The van der Waals surface area contributed by atoms with Crippen LogP contribution in [-0.4, -0.2) is 34.1 Å². The maximum Gasteiger partial charge on any atom is 0.122 e. The largest absolute Gasteiger partial charge is 0.337 e. The highest BCUT2D eigenvalue weighted by molar-refractivity contribution is 4.90. The summed E-state index contributed by atoms with van der Waals surface area (Å²) >= 11 is 0. The molecule has 1 aromatic rings. The molecule has 0 spiro atoms. The molecule has 1 heterocycles. The molecule has 0 aliphatic rings. The van der Waals surface area contributed by atoms with Gasteiger partial charge < -0.3 is 10.3 Å². The van der Waals surface area contributed by atoms with Crippen LogP contribution in [0.15, 0.2) is 12.4 Å². The number of aryl methyl sites for hydroxylation is 1.